The zero-order valence-corrected chi connectivity index (χ0v) is 19.6. The zero-order chi connectivity index (χ0) is 22.9. The van der Waals surface area contributed by atoms with Crippen molar-refractivity contribution in [1.29, 1.82) is 0 Å². The molecule has 0 aromatic carbocycles. The summed E-state index contributed by atoms with van der Waals surface area (Å²) in [7, 11) is -2.17. The summed E-state index contributed by atoms with van der Waals surface area (Å²) in [5.74, 6) is -0.247. The Labute approximate surface area is 181 Å². The number of hydrogen-bond donors (Lipinski definition) is 1. The van der Waals surface area contributed by atoms with Gasteiger partial charge in [-0.2, -0.15) is 4.98 Å². The number of carbonyl (C=O) groups is 1. The molecule has 1 unspecified atom stereocenters. The number of likely N-dealkylation sites (N-methyl/N-ethyl adjacent to an activating group) is 1. The SMILES string of the molecule is CCN(CP(=O)(OC)OCOC(=O)C(C)(C)C)C1(Cn2cnc3cnc(N)nc32)CC1. The van der Waals surface area contributed by atoms with Crippen molar-refractivity contribution in [2.75, 3.05) is 32.5 Å². The molecule has 2 heterocycles. The second-order valence-electron chi connectivity index (χ2n) is 8.75. The molecule has 1 saturated carbocycles. The second kappa shape index (κ2) is 8.82. The number of nitrogens with two attached hydrogens (primary N) is 1. The summed E-state index contributed by atoms with van der Waals surface area (Å²) < 4.78 is 30.9. The molecule has 2 N–H and O–H groups in total. The number of esters is 1. The molecule has 1 atom stereocenters. The van der Waals surface area contributed by atoms with Gasteiger partial charge in [0.2, 0.25) is 12.7 Å². The van der Waals surface area contributed by atoms with Gasteiger partial charge in [0.15, 0.2) is 5.65 Å². The zero-order valence-electron chi connectivity index (χ0n) is 18.7. The fourth-order valence-corrected chi connectivity index (χ4v) is 4.78. The van der Waals surface area contributed by atoms with E-state index in [4.69, 9.17) is 19.5 Å². The summed E-state index contributed by atoms with van der Waals surface area (Å²) in [6.45, 7) is 8.02. The molecule has 11 nitrogen and oxygen atoms in total. The molecular formula is C19H31N6O5P. The second-order valence-corrected chi connectivity index (χ2v) is 10.9. The minimum Gasteiger partial charge on any atom is -0.438 e. The Morgan fingerprint density at radius 1 is 1.35 bits per heavy atom. The van der Waals surface area contributed by atoms with Gasteiger partial charge in [-0.1, -0.05) is 6.92 Å². The lowest BCUT2D eigenvalue weighted by atomic mass is 9.98. The van der Waals surface area contributed by atoms with Crippen LogP contribution in [0.3, 0.4) is 0 Å². The van der Waals surface area contributed by atoms with Gasteiger partial charge in [0.25, 0.3) is 0 Å². The van der Waals surface area contributed by atoms with E-state index in [1.807, 2.05) is 11.5 Å². The first-order valence-corrected chi connectivity index (χ1v) is 11.9. The fourth-order valence-electron chi connectivity index (χ4n) is 3.34. The highest BCUT2D eigenvalue weighted by Crippen LogP contribution is 2.53. The van der Waals surface area contributed by atoms with Gasteiger partial charge >= 0.3 is 13.6 Å². The van der Waals surface area contributed by atoms with E-state index in [0.29, 0.717) is 24.3 Å². The molecule has 0 radical (unpaired) electrons. The Balaban J connectivity index is 1.69. The minimum atomic E-state index is -3.51. The van der Waals surface area contributed by atoms with E-state index in [0.717, 1.165) is 12.8 Å². The monoisotopic (exact) mass is 454 g/mol. The summed E-state index contributed by atoms with van der Waals surface area (Å²) >= 11 is 0. The molecule has 0 spiro atoms. The van der Waals surface area contributed by atoms with Gasteiger partial charge in [0, 0.05) is 19.2 Å². The predicted octanol–water partition coefficient (Wildman–Crippen LogP) is 2.62. The summed E-state index contributed by atoms with van der Waals surface area (Å²) in [5.41, 5.74) is 6.17. The largest absolute Gasteiger partial charge is 0.438 e. The molecule has 1 aliphatic carbocycles. The van der Waals surface area contributed by atoms with Crippen LogP contribution in [-0.2, 0) is 29.7 Å². The van der Waals surface area contributed by atoms with Crippen LogP contribution in [-0.4, -0.2) is 62.7 Å². The van der Waals surface area contributed by atoms with Gasteiger partial charge in [0.1, 0.15) is 11.8 Å². The standard InChI is InChI=1S/C19H31N6O5P/c1-6-25(12-31(27,28-5)30-13-29-16(26)18(2,3)4)19(7-8-19)10-24-11-22-14-9-21-17(20)23-15(14)24/h9,11H,6-8,10,12-13H2,1-5H3,(H2,20,21,23). The molecule has 172 valence electrons. The van der Waals surface area contributed by atoms with E-state index in [1.54, 1.807) is 33.3 Å². The molecule has 12 heteroatoms. The van der Waals surface area contributed by atoms with E-state index in [9.17, 15) is 9.36 Å². The summed E-state index contributed by atoms with van der Waals surface area (Å²) in [5, 5.41) is 0. The molecular weight excluding hydrogens is 423 g/mol. The lowest BCUT2D eigenvalue weighted by Crippen LogP contribution is -2.41. The van der Waals surface area contributed by atoms with Crippen molar-refractivity contribution >= 4 is 30.7 Å². The number of rotatable bonds is 10. The lowest BCUT2D eigenvalue weighted by Gasteiger charge is -2.33. The Bertz CT molecular complexity index is 984. The van der Waals surface area contributed by atoms with Gasteiger partial charge in [-0.15, -0.1) is 0 Å². The van der Waals surface area contributed by atoms with Crippen LogP contribution in [0.2, 0.25) is 0 Å². The predicted molar refractivity (Wildman–Crippen MR) is 115 cm³/mol. The van der Waals surface area contributed by atoms with Crippen LogP contribution in [0.25, 0.3) is 11.2 Å². The number of carbonyl (C=O) groups excluding carboxylic acids is 1. The highest BCUT2D eigenvalue weighted by molar-refractivity contribution is 7.53. The van der Waals surface area contributed by atoms with Gasteiger partial charge < -0.3 is 19.6 Å². The molecule has 1 fully saturated rings. The molecule has 0 aliphatic heterocycles. The first-order valence-electron chi connectivity index (χ1n) is 10.2. The molecule has 31 heavy (non-hydrogen) atoms. The van der Waals surface area contributed by atoms with Crippen molar-refractivity contribution in [3.63, 3.8) is 0 Å². The number of fused-ring (bicyclic) bond motifs is 1. The van der Waals surface area contributed by atoms with E-state index in [1.165, 1.54) is 7.11 Å². The van der Waals surface area contributed by atoms with Crippen LogP contribution in [0.5, 0.6) is 0 Å². The molecule has 3 rings (SSSR count). The first kappa shape index (κ1) is 23.6. The van der Waals surface area contributed by atoms with Crippen LogP contribution in [0.4, 0.5) is 5.95 Å². The van der Waals surface area contributed by atoms with Gasteiger partial charge in [-0.3, -0.25) is 18.8 Å². The average molecular weight is 454 g/mol. The number of hydrogen-bond acceptors (Lipinski definition) is 10. The molecule has 0 saturated heterocycles. The molecule has 0 bridgehead atoms. The van der Waals surface area contributed by atoms with E-state index < -0.39 is 25.8 Å². The summed E-state index contributed by atoms with van der Waals surface area (Å²) in [6, 6.07) is 0. The maximum absolute atomic E-state index is 13.2. The van der Waals surface area contributed by atoms with Crippen LogP contribution in [0.1, 0.15) is 40.5 Å². The van der Waals surface area contributed by atoms with E-state index in [-0.39, 0.29) is 17.8 Å². The third-order valence-corrected chi connectivity index (χ3v) is 7.14. The number of aromatic nitrogens is 4. The van der Waals surface area contributed by atoms with Crippen molar-refractivity contribution in [1.82, 2.24) is 24.4 Å². The summed E-state index contributed by atoms with van der Waals surface area (Å²) in [6.07, 6.45) is 5.23. The molecule has 1 aliphatic rings. The Morgan fingerprint density at radius 2 is 2.06 bits per heavy atom. The van der Waals surface area contributed by atoms with Crippen LogP contribution >= 0.6 is 7.60 Å². The van der Waals surface area contributed by atoms with Gasteiger partial charge in [-0.25, -0.2) is 9.97 Å². The van der Waals surface area contributed by atoms with Crippen LogP contribution < -0.4 is 5.73 Å². The Hall–Kier alpha value is -2.07. The average Bonchev–Trinajstić information content (AvgIpc) is 3.39. The minimum absolute atomic E-state index is 0.0802. The van der Waals surface area contributed by atoms with Crippen molar-refractivity contribution < 1.29 is 23.1 Å². The lowest BCUT2D eigenvalue weighted by molar-refractivity contribution is -0.160. The van der Waals surface area contributed by atoms with E-state index in [2.05, 4.69) is 19.9 Å². The first-order chi connectivity index (χ1) is 14.5. The molecule has 0 amide bonds. The Morgan fingerprint density at radius 3 is 2.65 bits per heavy atom. The van der Waals surface area contributed by atoms with Crippen LogP contribution in [0.15, 0.2) is 12.5 Å². The third kappa shape index (κ3) is 5.41. The van der Waals surface area contributed by atoms with Crippen molar-refractivity contribution in [2.24, 2.45) is 5.41 Å². The quantitative estimate of drug-likeness (QED) is 0.324. The molecule has 2 aromatic heterocycles. The van der Waals surface area contributed by atoms with Crippen molar-refractivity contribution in [3.8, 4) is 0 Å². The number of ether oxygens (including phenoxy) is 1. The topological polar surface area (TPSA) is 135 Å². The highest BCUT2D eigenvalue weighted by Gasteiger charge is 2.50. The summed E-state index contributed by atoms with van der Waals surface area (Å²) in [4.78, 5) is 26.6. The normalized spacial score (nSPS) is 17.6. The highest BCUT2D eigenvalue weighted by atomic mass is 31.2. The number of nitrogens with zero attached hydrogens (tertiary/aromatic N) is 5. The van der Waals surface area contributed by atoms with E-state index >= 15 is 0 Å². The maximum atomic E-state index is 13.2. The third-order valence-electron chi connectivity index (χ3n) is 5.40. The number of imidazole rings is 1. The fraction of sp³-hybridized carbons (Fsp3) is 0.684. The van der Waals surface area contributed by atoms with Crippen molar-refractivity contribution in [3.05, 3.63) is 12.5 Å². The smallest absolute Gasteiger partial charge is 0.347 e. The van der Waals surface area contributed by atoms with Crippen LogP contribution in [0, 0.1) is 5.41 Å². The Kier molecular flexibility index (Phi) is 6.71. The molecule has 2 aromatic rings. The number of nitrogen functional groups attached to an aromatic ring is 1. The van der Waals surface area contributed by atoms with Gasteiger partial charge in [0.05, 0.1) is 17.9 Å². The van der Waals surface area contributed by atoms with Crippen molar-refractivity contribution in [2.45, 2.75) is 52.6 Å². The van der Waals surface area contributed by atoms with Gasteiger partial charge in [-0.05, 0) is 40.2 Å². The maximum Gasteiger partial charge on any atom is 0.347 e. The number of anilines is 1.